The highest BCUT2D eigenvalue weighted by molar-refractivity contribution is 8.00. The summed E-state index contributed by atoms with van der Waals surface area (Å²) in [5, 5.41) is 19.2. The van der Waals surface area contributed by atoms with Gasteiger partial charge in [-0.2, -0.15) is 0 Å². The molecule has 5 nitrogen and oxygen atoms in total. The van der Waals surface area contributed by atoms with Gasteiger partial charge in [-0.25, -0.2) is 5.90 Å². The van der Waals surface area contributed by atoms with Gasteiger partial charge < -0.3 is 15.6 Å². The number of hydrogen-bond acceptors (Lipinski definition) is 5. The van der Waals surface area contributed by atoms with Crippen LogP contribution < -0.4 is 11.2 Å². The predicted molar refractivity (Wildman–Crippen MR) is 134 cm³/mol. The van der Waals surface area contributed by atoms with Crippen LogP contribution in [0, 0.1) is 0 Å². The minimum atomic E-state index is -0.726. The molecule has 0 bridgehead atoms. The van der Waals surface area contributed by atoms with Crippen LogP contribution in [0.5, 0.6) is 0 Å². The second-order valence-corrected chi connectivity index (χ2v) is 8.63. The van der Waals surface area contributed by atoms with E-state index in [4.69, 9.17) is 5.21 Å². The molecule has 1 atom stereocenters. The zero-order valence-electron chi connectivity index (χ0n) is 18.4. The van der Waals surface area contributed by atoms with Gasteiger partial charge in [0.1, 0.15) is 5.25 Å². The predicted octanol–water partition coefficient (Wildman–Crippen LogP) is 6.95. The van der Waals surface area contributed by atoms with Gasteiger partial charge in [0.15, 0.2) is 0 Å². The average molecular weight is 453 g/mol. The molecule has 0 saturated carbocycles. The lowest BCUT2D eigenvalue weighted by molar-refractivity contribution is -0.136. The molecule has 3 rings (SSSR count). The third kappa shape index (κ3) is 8.04. The van der Waals surface area contributed by atoms with Gasteiger partial charge in [0.2, 0.25) is 0 Å². The summed E-state index contributed by atoms with van der Waals surface area (Å²) in [6, 6.07) is 26.6. The zero-order valence-corrected chi connectivity index (χ0v) is 19.2. The van der Waals surface area contributed by atoms with Crippen molar-refractivity contribution in [2.45, 2.75) is 49.2 Å². The van der Waals surface area contributed by atoms with Gasteiger partial charge in [-0.05, 0) is 42.3 Å². The Morgan fingerprint density at radius 3 is 2.22 bits per heavy atom. The molecule has 0 heterocycles. The van der Waals surface area contributed by atoms with E-state index in [-0.39, 0.29) is 5.25 Å². The largest absolute Gasteiger partial charge is 0.480 e. The Morgan fingerprint density at radius 2 is 1.56 bits per heavy atom. The maximum atomic E-state index is 11.6. The number of carbonyl (C=O) groups is 1. The summed E-state index contributed by atoms with van der Waals surface area (Å²) < 4.78 is 0. The van der Waals surface area contributed by atoms with Crippen LogP contribution in [0.3, 0.4) is 0 Å². The number of hydrogen-bond donors (Lipinski definition) is 4. The molecule has 0 amide bonds. The highest BCUT2D eigenvalue weighted by Gasteiger charge is 2.18. The third-order valence-electron chi connectivity index (χ3n) is 5.02. The molecule has 32 heavy (non-hydrogen) atoms. The first-order chi connectivity index (χ1) is 15.7. The van der Waals surface area contributed by atoms with Crippen LogP contribution in [0.1, 0.15) is 39.0 Å². The molecule has 0 aromatic heterocycles. The Morgan fingerprint density at radius 1 is 0.906 bits per heavy atom. The molecular weight excluding hydrogens is 420 g/mol. The fourth-order valence-electron chi connectivity index (χ4n) is 3.39. The number of nitrogens with one attached hydrogen (secondary N) is 1. The first-order valence-corrected chi connectivity index (χ1v) is 11.7. The molecule has 0 aliphatic heterocycles. The Bertz CT molecular complexity index is 933. The van der Waals surface area contributed by atoms with Gasteiger partial charge >= 0.3 is 5.97 Å². The fraction of sp³-hybridized carbons (Fsp3) is 0.269. The number of aliphatic carboxylic acids is 1. The normalized spacial score (nSPS) is 11.2. The van der Waals surface area contributed by atoms with Crippen molar-refractivity contribution in [2.24, 2.45) is 5.90 Å². The Balaban J connectivity index is 0.00000176. The van der Waals surface area contributed by atoms with Crippen LogP contribution in [0.15, 0.2) is 83.8 Å². The Kier molecular flexibility index (Phi) is 11.4. The molecule has 3 aromatic carbocycles. The number of unbranched alkanes of at least 4 members (excludes halogenated alkanes) is 3. The van der Waals surface area contributed by atoms with Gasteiger partial charge in [-0.15, -0.1) is 11.8 Å². The summed E-state index contributed by atoms with van der Waals surface area (Å²) in [4.78, 5) is 12.6. The minimum Gasteiger partial charge on any atom is -0.480 e. The van der Waals surface area contributed by atoms with Crippen molar-refractivity contribution in [3.05, 3.63) is 78.9 Å². The first kappa shape index (κ1) is 25.5. The van der Waals surface area contributed by atoms with E-state index in [2.05, 4.69) is 42.4 Å². The molecule has 5 N–H and O–H groups in total. The number of thioether (sulfide) groups is 1. The number of benzene rings is 3. The summed E-state index contributed by atoms with van der Waals surface area (Å²) in [7, 11) is 0. The molecule has 1 unspecified atom stereocenters. The van der Waals surface area contributed by atoms with E-state index in [1.165, 1.54) is 23.7 Å². The van der Waals surface area contributed by atoms with Gasteiger partial charge in [0.25, 0.3) is 0 Å². The lowest BCUT2D eigenvalue weighted by Gasteiger charge is -2.14. The monoisotopic (exact) mass is 452 g/mol. The van der Waals surface area contributed by atoms with Crippen LogP contribution >= 0.6 is 11.8 Å². The second kappa shape index (κ2) is 14.3. The molecule has 0 saturated heterocycles. The van der Waals surface area contributed by atoms with Crippen LogP contribution in [0.4, 0.5) is 11.4 Å². The Labute approximate surface area is 194 Å². The maximum Gasteiger partial charge on any atom is 0.316 e. The highest BCUT2D eigenvalue weighted by atomic mass is 32.2. The van der Waals surface area contributed by atoms with Crippen LogP contribution in [0.2, 0.25) is 0 Å². The van der Waals surface area contributed by atoms with Crippen molar-refractivity contribution < 1.29 is 15.1 Å². The lowest BCUT2D eigenvalue weighted by atomic mass is 10.0. The molecule has 170 valence electrons. The number of para-hydroxylation sites is 1. The molecule has 3 aromatic rings. The third-order valence-corrected chi connectivity index (χ3v) is 6.29. The smallest absolute Gasteiger partial charge is 0.316 e. The molecule has 0 radical (unpaired) electrons. The van der Waals surface area contributed by atoms with E-state index < -0.39 is 5.97 Å². The van der Waals surface area contributed by atoms with Crippen LogP contribution in [-0.2, 0) is 4.79 Å². The van der Waals surface area contributed by atoms with Crippen molar-refractivity contribution in [2.75, 3.05) is 5.32 Å². The van der Waals surface area contributed by atoms with E-state index in [1.54, 1.807) is 0 Å². The maximum absolute atomic E-state index is 11.6. The van der Waals surface area contributed by atoms with Crippen molar-refractivity contribution in [3.8, 4) is 11.1 Å². The van der Waals surface area contributed by atoms with E-state index in [1.807, 2.05) is 54.6 Å². The van der Waals surface area contributed by atoms with Crippen LogP contribution in [-0.4, -0.2) is 21.5 Å². The van der Waals surface area contributed by atoms with Gasteiger partial charge in [-0.1, -0.05) is 81.1 Å². The first-order valence-electron chi connectivity index (χ1n) is 10.8. The average Bonchev–Trinajstić information content (AvgIpc) is 2.84. The molecule has 0 spiro atoms. The highest BCUT2D eigenvalue weighted by Crippen LogP contribution is 2.32. The summed E-state index contributed by atoms with van der Waals surface area (Å²) >= 11 is 1.44. The summed E-state index contributed by atoms with van der Waals surface area (Å²) in [5.74, 6) is 2.77. The van der Waals surface area contributed by atoms with Gasteiger partial charge in [0, 0.05) is 21.8 Å². The number of rotatable bonds is 11. The van der Waals surface area contributed by atoms with E-state index >= 15 is 0 Å². The molecule has 0 fully saturated rings. The number of anilines is 2. The SMILES string of the molecule is CCCCCCC(Sc1ccc(Nc2ccccc2-c2ccccc2)cc1)C(=O)O.NO. The molecular formula is C26H32N2O3S. The summed E-state index contributed by atoms with van der Waals surface area (Å²) in [6.45, 7) is 2.16. The van der Waals surface area contributed by atoms with E-state index in [0.29, 0.717) is 6.42 Å². The van der Waals surface area contributed by atoms with E-state index in [9.17, 15) is 9.90 Å². The summed E-state index contributed by atoms with van der Waals surface area (Å²) in [5.41, 5.74) is 4.34. The van der Waals surface area contributed by atoms with Crippen molar-refractivity contribution in [3.63, 3.8) is 0 Å². The topological polar surface area (TPSA) is 95.6 Å². The molecule has 0 aliphatic carbocycles. The number of carboxylic acids is 1. The zero-order chi connectivity index (χ0) is 23.2. The quantitative estimate of drug-likeness (QED) is 0.143. The number of nitrogens with two attached hydrogens (primary N) is 1. The van der Waals surface area contributed by atoms with E-state index in [0.717, 1.165) is 41.1 Å². The van der Waals surface area contributed by atoms with Crippen molar-refractivity contribution in [1.29, 1.82) is 0 Å². The molecule has 6 heteroatoms. The second-order valence-electron chi connectivity index (χ2n) is 7.36. The van der Waals surface area contributed by atoms with Crippen molar-refractivity contribution in [1.82, 2.24) is 0 Å². The van der Waals surface area contributed by atoms with Crippen LogP contribution in [0.25, 0.3) is 11.1 Å². The van der Waals surface area contributed by atoms with Gasteiger partial charge in [0.05, 0.1) is 0 Å². The number of carboxylic acid groups (broad SMARTS) is 1. The standard InChI is InChI=1S/C26H29NO2S.H3NO/c1-2-3-4-8-15-25(26(28)29)30-22-18-16-21(17-19-22)27-24-14-10-9-13-23(24)20-11-6-5-7-12-20;1-2/h5-7,9-14,16-19,25,27H,2-4,8,15H2,1H3,(H,28,29);2H,1H2. The van der Waals surface area contributed by atoms with Crippen molar-refractivity contribution >= 4 is 29.1 Å². The minimum absolute atomic E-state index is 0.389. The molecule has 0 aliphatic rings. The van der Waals surface area contributed by atoms with Gasteiger partial charge in [-0.3, -0.25) is 4.79 Å². The Hall–Kier alpha value is -2.80. The lowest BCUT2D eigenvalue weighted by Crippen LogP contribution is -2.16. The summed E-state index contributed by atoms with van der Waals surface area (Å²) in [6.07, 6.45) is 5.11. The fourth-order valence-corrected chi connectivity index (χ4v) is 4.39.